The highest BCUT2D eigenvalue weighted by Gasteiger charge is 2.36. The van der Waals surface area contributed by atoms with Crippen LogP contribution in [0.2, 0.25) is 0 Å². The van der Waals surface area contributed by atoms with Gasteiger partial charge in [-0.25, -0.2) is 4.85 Å². The number of likely N-dealkylation sites (tertiary alicyclic amines) is 1. The second-order valence-electron chi connectivity index (χ2n) is 8.29. The molecule has 0 N–H and O–H groups in total. The van der Waals surface area contributed by atoms with Crippen LogP contribution in [0.1, 0.15) is 43.2 Å². The van der Waals surface area contributed by atoms with Crippen molar-refractivity contribution in [3.8, 4) is 0 Å². The van der Waals surface area contributed by atoms with Gasteiger partial charge in [0.05, 0.1) is 12.1 Å². The number of benzene rings is 2. The number of halogens is 3. The predicted molar refractivity (Wildman–Crippen MR) is 113 cm³/mol. The fraction of sp³-hybridized carbons (Fsp3) is 0.458. The minimum absolute atomic E-state index is 0.158. The maximum absolute atomic E-state index is 13.6. The van der Waals surface area contributed by atoms with Crippen molar-refractivity contribution >= 4 is 11.4 Å². The molecular weight excluding hydrogens is 387 g/mol. The first-order valence-corrected chi connectivity index (χ1v) is 10.6. The summed E-state index contributed by atoms with van der Waals surface area (Å²) in [5.41, 5.74) is 1.13. The smallest absolute Gasteiger partial charge is 0.363 e. The molecule has 6 heteroatoms. The third-order valence-corrected chi connectivity index (χ3v) is 6.45. The highest BCUT2D eigenvalue weighted by atomic mass is 19.4. The van der Waals surface area contributed by atoms with Gasteiger partial charge in [0.2, 0.25) is 0 Å². The van der Waals surface area contributed by atoms with Gasteiger partial charge in [0.25, 0.3) is 0 Å². The van der Waals surface area contributed by atoms with E-state index in [0.29, 0.717) is 17.3 Å². The molecule has 0 bridgehead atoms. The van der Waals surface area contributed by atoms with E-state index in [2.05, 4.69) is 14.6 Å². The Morgan fingerprint density at radius 2 is 1.70 bits per heavy atom. The topological polar surface area (TPSA) is 10.8 Å². The Bertz CT molecular complexity index is 895. The molecule has 1 aliphatic heterocycles. The largest absolute Gasteiger partial charge is 0.416 e. The van der Waals surface area contributed by atoms with E-state index in [0.717, 1.165) is 31.3 Å². The van der Waals surface area contributed by atoms with Crippen molar-refractivity contribution in [2.45, 2.75) is 56.9 Å². The fourth-order valence-electron chi connectivity index (χ4n) is 4.89. The summed E-state index contributed by atoms with van der Waals surface area (Å²) in [7, 11) is 0. The number of alkyl halides is 3. The minimum Gasteiger partial charge on any atom is -0.363 e. The first-order chi connectivity index (χ1) is 14.5. The molecule has 1 saturated carbocycles. The summed E-state index contributed by atoms with van der Waals surface area (Å²) in [6.07, 6.45) is 1.56. The molecule has 0 unspecified atom stereocenters. The van der Waals surface area contributed by atoms with Crippen LogP contribution in [0.25, 0.3) is 4.85 Å². The lowest BCUT2D eigenvalue weighted by molar-refractivity contribution is -0.138. The SMILES string of the molecule is [C-]#[N+]c1ccc(N(Cc2ccccc2C(F)(F)F)[C@H]2CCN(C3CCCC3)C2)cc1. The molecule has 0 aromatic heterocycles. The Morgan fingerprint density at radius 3 is 2.37 bits per heavy atom. The molecular formula is C24H26F3N3. The molecule has 2 aromatic carbocycles. The van der Waals surface area contributed by atoms with E-state index in [1.165, 1.54) is 31.7 Å². The maximum atomic E-state index is 13.6. The molecule has 1 heterocycles. The summed E-state index contributed by atoms with van der Waals surface area (Å²) < 4.78 is 40.8. The molecule has 2 aliphatic rings. The number of rotatable bonds is 5. The van der Waals surface area contributed by atoms with E-state index in [1.54, 1.807) is 24.3 Å². The van der Waals surface area contributed by atoms with Crippen molar-refractivity contribution in [1.29, 1.82) is 0 Å². The monoisotopic (exact) mass is 413 g/mol. The molecule has 4 rings (SSSR count). The van der Waals surface area contributed by atoms with E-state index in [1.807, 2.05) is 12.1 Å². The van der Waals surface area contributed by atoms with Crippen molar-refractivity contribution in [3.05, 3.63) is 71.1 Å². The summed E-state index contributed by atoms with van der Waals surface area (Å²) in [6.45, 7) is 9.24. The third-order valence-electron chi connectivity index (χ3n) is 6.45. The fourth-order valence-corrected chi connectivity index (χ4v) is 4.89. The Morgan fingerprint density at radius 1 is 1.00 bits per heavy atom. The standard InChI is InChI=1S/C24H26F3N3/c1-28-19-10-12-21(13-11-19)30(16-18-6-2-5-9-23(18)24(25,26)27)22-14-15-29(17-22)20-7-3-4-8-20/h2,5-6,9-13,20,22H,3-4,7-8,14-17H2/t22-/m0/s1. The highest BCUT2D eigenvalue weighted by Crippen LogP contribution is 2.35. The molecule has 0 amide bonds. The number of nitrogens with zero attached hydrogens (tertiary/aromatic N) is 3. The Labute approximate surface area is 175 Å². The second-order valence-corrected chi connectivity index (χ2v) is 8.29. The average Bonchev–Trinajstić information content (AvgIpc) is 3.43. The van der Waals surface area contributed by atoms with Crippen LogP contribution < -0.4 is 4.90 Å². The summed E-state index contributed by atoms with van der Waals surface area (Å²) in [5.74, 6) is 0. The second kappa shape index (κ2) is 8.69. The van der Waals surface area contributed by atoms with Crippen molar-refractivity contribution in [3.63, 3.8) is 0 Å². The van der Waals surface area contributed by atoms with Crippen LogP contribution in [-0.4, -0.2) is 30.1 Å². The van der Waals surface area contributed by atoms with Gasteiger partial charge in [-0.2, -0.15) is 13.2 Å². The third kappa shape index (κ3) is 4.46. The van der Waals surface area contributed by atoms with Crippen LogP contribution in [-0.2, 0) is 12.7 Å². The van der Waals surface area contributed by atoms with Gasteiger partial charge in [0.1, 0.15) is 0 Å². The van der Waals surface area contributed by atoms with E-state index in [-0.39, 0.29) is 12.6 Å². The molecule has 0 spiro atoms. The highest BCUT2D eigenvalue weighted by molar-refractivity contribution is 5.56. The molecule has 3 nitrogen and oxygen atoms in total. The van der Waals surface area contributed by atoms with Gasteiger partial charge in [-0.15, -0.1) is 0 Å². The first-order valence-electron chi connectivity index (χ1n) is 10.6. The van der Waals surface area contributed by atoms with Crippen LogP contribution in [0.15, 0.2) is 48.5 Å². The molecule has 30 heavy (non-hydrogen) atoms. The molecule has 2 aromatic rings. The van der Waals surface area contributed by atoms with E-state index >= 15 is 0 Å². The van der Waals surface area contributed by atoms with Crippen molar-refractivity contribution in [2.75, 3.05) is 18.0 Å². The van der Waals surface area contributed by atoms with Crippen molar-refractivity contribution < 1.29 is 13.2 Å². The zero-order chi connectivity index (χ0) is 21.1. The van der Waals surface area contributed by atoms with Gasteiger partial charge >= 0.3 is 6.18 Å². The van der Waals surface area contributed by atoms with Gasteiger partial charge in [0, 0.05) is 37.4 Å². The van der Waals surface area contributed by atoms with Crippen LogP contribution in [0.5, 0.6) is 0 Å². The Balaban J connectivity index is 1.62. The van der Waals surface area contributed by atoms with Gasteiger partial charge in [-0.3, -0.25) is 4.90 Å². The van der Waals surface area contributed by atoms with Crippen LogP contribution in [0, 0.1) is 6.57 Å². The van der Waals surface area contributed by atoms with E-state index in [9.17, 15) is 13.2 Å². The average molecular weight is 413 g/mol. The zero-order valence-corrected chi connectivity index (χ0v) is 16.9. The van der Waals surface area contributed by atoms with E-state index < -0.39 is 11.7 Å². The summed E-state index contributed by atoms with van der Waals surface area (Å²) in [4.78, 5) is 8.06. The number of anilines is 1. The zero-order valence-electron chi connectivity index (χ0n) is 16.9. The molecule has 158 valence electrons. The maximum Gasteiger partial charge on any atom is 0.416 e. The van der Waals surface area contributed by atoms with Gasteiger partial charge in [0.15, 0.2) is 5.69 Å². The number of hydrogen-bond donors (Lipinski definition) is 0. The summed E-state index contributed by atoms with van der Waals surface area (Å²) in [6, 6.07) is 13.8. The van der Waals surface area contributed by atoms with Crippen molar-refractivity contribution in [1.82, 2.24) is 4.90 Å². The molecule has 1 atom stereocenters. The Kier molecular flexibility index (Phi) is 6.01. The van der Waals surface area contributed by atoms with Gasteiger partial charge in [-0.05, 0) is 43.0 Å². The van der Waals surface area contributed by atoms with E-state index in [4.69, 9.17) is 6.57 Å². The van der Waals surface area contributed by atoms with Crippen LogP contribution in [0.4, 0.5) is 24.5 Å². The van der Waals surface area contributed by atoms with Gasteiger partial charge in [-0.1, -0.05) is 43.2 Å². The number of hydrogen-bond acceptors (Lipinski definition) is 2. The lowest BCUT2D eigenvalue weighted by Crippen LogP contribution is -2.39. The van der Waals surface area contributed by atoms with Crippen LogP contribution >= 0.6 is 0 Å². The molecule has 2 fully saturated rings. The first kappa shape index (κ1) is 20.7. The van der Waals surface area contributed by atoms with Crippen LogP contribution in [0.3, 0.4) is 0 Å². The van der Waals surface area contributed by atoms with Crippen molar-refractivity contribution in [2.24, 2.45) is 0 Å². The normalized spacial score (nSPS) is 20.4. The minimum atomic E-state index is -4.37. The lowest BCUT2D eigenvalue weighted by Gasteiger charge is -2.33. The summed E-state index contributed by atoms with van der Waals surface area (Å²) >= 11 is 0. The molecule has 0 radical (unpaired) electrons. The predicted octanol–water partition coefficient (Wildman–Crippen LogP) is 6.28. The summed E-state index contributed by atoms with van der Waals surface area (Å²) in [5, 5.41) is 0. The molecule has 1 saturated heterocycles. The van der Waals surface area contributed by atoms with Gasteiger partial charge < -0.3 is 4.90 Å². The Hall–Kier alpha value is -2.52. The lowest BCUT2D eigenvalue weighted by atomic mass is 10.0. The quantitative estimate of drug-likeness (QED) is 0.534. The molecule has 1 aliphatic carbocycles.